The van der Waals surface area contributed by atoms with E-state index < -0.39 is 6.10 Å². The summed E-state index contributed by atoms with van der Waals surface area (Å²) >= 11 is 5.89. The maximum atomic E-state index is 9.97. The van der Waals surface area contributed by atoms with Crippen LogP contribution < -0.4 is 10.1 Å². The van der Waals surface area contributed by atoms with E-state index in [1.807, 2.05) is 18.2 Å². The molecule has 2 saturated carbocycles. The third-order valence-corrected chi connectivity index (χ3v) is 5.14. The van der Waals surface area contributed by atoms with Crippen LogP contribution >= 0.6 is 11.6 Å². The minimum atomic E-state index is -0.484. The Balaban J connectivity index is 1.32. The fourth-order valence-electron chi connectivity index (χ4n) is 3.87. The van der Waals surface area contributed by atoms with Crippen molar-refractivity contribution in [1.29, 1.82) is 0 Å². The van der Waals surface area contributed by atoms with E-state index in [0.717, 1.165) is 24.3 Å². The summed E-state index contributed by atoms with van der Waals surface area (Å²) in [5.41, 5.74) is 0. The van der Waals surface area contributed by atoms with Gasteiger partial charge in [-0.3, -0.25) is 0 Å². The van der Waals surface area contributed by atoms with Crippen LogP contribution in [0.25, 0.3) is 0 Å². The van der Waals surface area contributed by atoms with Crippen LogP contribution in [-0.2, 0) is 0 Å². The molecule has 0 amide bonds. The zero-order chi connectivity index (χ0) is 14.7. The van der Waals surface area contributed by atoms with E-state index in [4.69, 9.17) is 16.3 Å². The van der Waals surface area contributed by atoms with Gasteiger partial charge in [-0.05, 0) is 61.8 Å². The summed E-state index contributed by atoms with van der Waals surface area (Å²) in [7, 11) is 0. The molecule has 3 nitrogen and oxygen atoms in total. The van der Waals surface area contributed by atoms with Gasteiger partial charge in [-0.15, -0.1) is 0 Å². The first-order chi connectivity index (χ1) is 10.2. The van der Waals surface area contributed by atoms with Crippen LogP contribution in [0.2, 0.25) is 5.02 Å². The summed E-state index contributed by atoms with van der Waals surface area (Å²) in [5.74, 6) is 3.44. The van der Waals surface area contributed by atoms with E-state index in [-0.39, 0.29) is 0 Å². The molecular formula is C17H24ClNO2. The van der Waals surface area contributed by atoms with Gasteiger partial charge in [-0.2, -0.15) is 0 Å². The van der Waals surface area contributed by atoms with Gasteiger partial charge in [0.15, 0.2) is 0 Å². The molecule has 4 heteroatoms. The molecule has 0 heterocycles. The third kappa shape index (κ3) is 4.12. The first kappa shape index (κ1) is 15.1. The van der Waals surface area contributed by atoms with Crippen LogP contribution in [0, 0.1) is 17.8 Å². The highest BCUT2D eigenvalue weighted by Gasteiger charge is 2.38. The molecule has 3 rings (SSSR count). The maximum Gasteiger partial charge on any atom is 0.120 e. The number of aliphatic hydroxyl groups is 1. The Labute approximate surface area is 131 Å². The van der Waals surface area contributed by atoms with Crippen LogP contribution in [0.1, 0.15) is 25.7 Å². The molecule has 0 saturated heterocycles. The molecule has 2 aliphatic carbocycles. The molecule has 4 unspecified atom stereocenters. The molecule has 0 aliphatic heterocycles. The van der Waals surface area contributed by atoms with Gasteiger partial charge in [-0.25, -0.2) is 0 Å². The van der Waals surface area contributed by atoms with Crippen LogP contribution in [0.5, 0.6) is 5.75 Å². The van der Waals surface area contributed by atoms with E-state index in [0.29, 0.717) is 23.9 Å². The lowest BCUT2D eigenvalue weighted by Crippen LogP contribution is -2.35. The number of nitrogens with one attached hydrogen (secondary N) is 1. The fourth-order valence-corrected chi connectivity index (χ4v) is 4.05. The second-order valence-electron chi connectivity index (χ2n) is 6.52. The summed E-state index contributed by atoms with van der Waals surface area (Å²) < 4.78 is 5.55. The average molecular weight is 310 g/mol. The molecule has 0 spiro atoms. The lowest BCUT2D eigenvalue weighted by Gasteiger charge is -2.22. The first-order valence-electron chi connectivity index (χ1n) is 7.98. The minimum absolute atomic E-state index is 0.296. The van der Waals surface area contributed by atoms with E-state index in [2.05, 4.69) is 5.32 Å². The number of rotatable bonds is 7. The smallest absolute Gasteiger partial charge is 0.120 e. The summed E-state index contributed by atoms with van der Waals surface area (Å²) in [6.07, 6.45) is 5.19. The number of fused-ring (bicyclic) bond motifs is 2. The molecule has 4 atom stereocenters. The van der Waals surface area contributed by atoms with Gasteiger partial charge < -0.3 is 15.2 Å². The largest absolute Gasteiger partial charge is 0.491 e. The second-order valence-corrected chi connectivity index (χ2v) is 6.95. The van der Waals surface area contributed by atoms with Gasteiger partial charge in [0.2, 0.25) is 0 Å². The molecular weight excluding hydrogens is 286 g/mol. The Morgan fingerprint density at radius 3 is 2.95 bits per heavy atom. The van der Waals surface area contributed by atoms with Crippen molar-refractivity contribution in [2.75, 3.05) is 19.7 Å². The fraction of sp³-hybridized carbons (Fsp3) is 0.647. The number of hydrogen-bond acceptors (Lipinski definition) is 3. The Morgan fingerprint density at radius 1 is 1.33 bits per heavy atom. The van der Waals surface area contributed by atoms with E-state index >= 15 is 0 Å². The summed E-state index contributed by atoms with van der Waals surface area (Å²) in [5, 5.41) is 14.0. The van der Waals surface area contributed by atoms with Crippen LogP contribution in [0.15, 0.2) is 24.3 Å². The zero-order valence-electron chi connectivity index (χ0n) is 12.3. The Bertz CT molecular complexity index is 468. The van der Waals surface area contributed by atoms with Crippen molar-refractivity contribution in [3.05, 3.63) is 29.3 Å². The first-order valence-corrected chi connectivity index (χ1v) is 8.35. The number of hydrogen-bond donors (Lipinski definition) is 2. The van der Waals surface area contributed by atoms with Gasteiger partial charge in [0.1, 0.15) is 18.5 Å². The molecule has 0 aromatic heterocycles. The highest BCUT2D eigenvalue weighted by atomic mass is 35.5. The quantitative estimate of drug-likeness (QED) is 0.813. The average Bonchev–Trinajstić information content (AvgIpc) is 3.08. The molecule has 2 fully saturated rings. The lowest BCUT2D eigenvalue weighted by atomic mass is 9.89. The van der Waals surface area contributed by atoms with E-state index in [1.54, 1.807) is 6.07 Å². The van der Waals surface area contributed by atoms with Crippen molar-refractivity contribution in [2.24, 2.45) is 17.8 Å². The normalized spacial score (nSPS) is 28.8. The van der Waals surface area contributed by atoms with Crippen molar-refractivity contribution in [1.82, 2.24) is 5.32 Å². The summed E-state index contributed by atoms with van der Waals surface area (Å²) in [4.78, 5) is 0. The Morgan fingerprint density at radius 2 is 2.24 bits per heavy atom. The van der Waals surface area contributed by atoms with Gasteiger partial charge in [0.05, 0.1) is 0 Å². The van der Waals surface area contributed by atoms with E-state index in [1.165, 1.54) is 25.7 Å². The molecule has 2 aliphatic rings. The van der Waals surface area contributed by atoms with Gasteiger partial charge >= 0.3 is 0 Å². The highest BCUT2D eigenvalue weighted by molar-refractivity contribution is 6.30. The number of halogens is 1. The van der Waals surface area contributed by atoms with Crippen molar-refractivity contribution in [2.45, 2.75) is 31.8 Å². The second kappa shape index (κ2) is 6.99. The third-order valence-electron chi connectivity index (χ3n) is 4.91. The Hall–Kier alpha value is -0.770. The van der Waals surface area contributed by atoms with Gasteiger partial charge in [-0.1, -0.05) is 24.1 Å². The molecule has 0 radical (unpaired) electrons. The van der Waals surface area contributed by atoms with Crippen molar-refractivity contribution < 1.29 is 9.84 Å². The Kier molecular flexibility index (Phi) is 5.04. The van der Waals surface area contributed by atoms with Gasteiger partial charge in [0.25, 0.3) is 0 Å². The van der Waals surface area contributed by atoms with Crippen LogP contribution in [-0.4, -0.2) is 30.9 Å². The summed E-state index contributed by atoms with van der Waals surface area (Å²) in [6.45, 7) is 1.92. The number of aliphatic hydroxyl groups excluding tert-OH is 1. The predicted molar refractivity (Wildman–Crippen MR) is 84.8 cm³/mol. The summed E-state index contributed by atoms with van der Waals surface area (Å²) in [6, 6.07) is 7.26. The topological polar surface area (TPSA) is 41.5 Å². The molecule has 2 N–H and O–H groups in total. The number of ether oxygens (including phenoxy) is 1. The molecule has 21 heavy (non-hydrogen) atoms. The predicted octanol–water partition coefficient (Wildman–Crippen LogP) is 3.11. The SMILES string of the molecule is OC(CNCC1CC2CCC1C2)COc1cccc(Cl)c1. The molecule has 1 aromatic rings. The maximum absolute atomic E-state index is 9.97. The molecule has 2 bridgehead atoms. The van der Waals surface area contributed by atoms with Crippen molar-refractivity contribution in [3.63, 3.8) is 0 Å². The van der Waals surface area contributed by atoms with Crippen LogP contribution in [0.4, 0.5) is 0 Å². The monoisotopic (exact) mass is 309 g/mol. The van der Waals surface area contributed by atoms with Crippen LogP contribution in [0.3, 0.4) is 0 Å². The standard InChI is InChI=1S/C17H24ClNO2/c18-15-2-1-3-17(8-15)21-11-16(20)10-19-9-14-7-12-4-5-13(14)6-12/h1-3,8,12-14,16,19-20H,4-7,9-11H2. The molecule has 1 aromatic carbocycles. The molecule has 116 valence electrons. The highest BCUT2D eigenvalue weighted by Crippen LogP contribution is 2.47. The minimum Gasteiger partial charge on any atom is -0.491 e. The van der Waals surface area contributed by atoms with Crippen molar-refractivity contribution in [3.8, 4) is 5.75 Å². The van der Waals surface area contributed by atoms with E-state index in [9.17, 15) is 5.11 Å². The lowest BCUT2D eigenvalue weighted by molar-refractivity contribution is 0.104. The number of benzene rings is 1. The zero-order valence-corrected chi connectivity index (χ0v) is 13.1. The van der Waals surface area contributed by atoms with Gasteiger partial charge in [0, 0.05) is 11.6 Å². The van der Waals surface area contributed by atoms with Crippen molar-refractivity contribution >= 4 is 11.6 Å².